The van der Waals surface area contributed by atoms with Crippen molar-refractivity contribution in [1.29, 1.82) is 0 Å². The van der Waals surface area contributed by atoms with Crippen LogP contribution in [0.25, 0.3) is 0 Å². The van der Waals surface area contributed by atoms with Crippen LogP contribution in [0.1, 0.15) is 33.1 Å². The second-order valence-corrected chi connectivity index (χ2v) is 4.24. The lowest BCUT2D eigenvalue weighted by molar-refractivity contribution is 0.187. The highest BCUT2D eigenvalue weighted by atomic mass is 16.3. The van der Waals surface area contributed by atoms with Gasteiger partial charge in [-0.05, 0) is 44.8 Å². The Hall–Kier alpha value is -0.120. The Morgan fingerprint density at radius 1 is 1.14 bits per heavy atom. The SMILES string of the molecule is CC(C)CCN(CCO)CCCCN. The third-order valence-corrected chi connectivity index (χ3v) is 2.37. The number of aliphatic hydroxyl groups excluding tert-OH is 1. The van der Waals surface area contributed by atoms with E-state index in [2.05, 4.69) is 18.7 Å². The van der Waals surface area contributed by atoms with E-state index in [1.807, 2.05) is 0 Å². The van der Waals surface area contributed by atoms with E-state index in [0.29, 0.717) is 0 Å². The van der Waals surface area contributed by atoms with Gasteiger partial charge in [0.25, 0.3) is 0 Å². The van der Waals surface area contributed by atoms with Gasteiger partial charge in [0.2, 0.25) is 0 Å². The molecule has 0 saturated carbocycles. The molecule has 0 amide bonds. The molecule has 0 heterocycles. The van der Waals surface area contributed by atoms with Crippen molar-refractivity contribution in [2.45, 2.75) is 33.1 Å². The van der Waals surface area contributed by atoms with Crippen molar-refractivity contribution >= 4 is 0 Å². The molecule has 0 aromatic rings. The Morgan fingerprint density at radius 3 is 2.36 bits per heavy atom. The van der Waals surface area contributed by atoms with E-state index in [1.165, 1.54) is 6.42 Å². The van der Waals surface area contributed by atoms with E-state index < -0.39 is 0 Å². The zero-order chi connectivity index (χ0) is 10.8. The Morgan fingerprint density at radius 2 is 1.86 bits per heavy atom. The summed E-state index contributed by atoms with van der Waals surface area (Å²) in [5, 5.41) is 8.89. The molecule has 0 fully saturated rings. The molecule has 0 rings (SSSR count). The number of hydrogen-bond acceptors (Lipinski definition) is 3. The van der Waals surface area contributed by atoms with Crippen LogP contribution in [0.5, 0.6) is 0 Å². The molecule has 0 atom stereocenters. The molecule has 3 heteroatoms. The van der Waals surface area contributed by atoms with Gasteiger partial charge in [0.15, 0.2) is 0 Å². The predicted molar refractivity (Wildman–Crippen MR) is 61.3 cm³/mol. The molecule has 0 aliphatic carbocycles. The van der Waals surface area contributed by atoms with E-state index in [4.69, 9.17) is 10.8 Å². The van der Waals surface area contributed by atoms with Crippen molar-refractivity contribution in [3.63, 3.8) is 0 Å². The summed E-state index contributed by atoms with van der Waals surface area (Å²) < 4.78 is 0. The minimum atomic E-state index is 0.265. The van der Waals surface area contributed by atoms with Gasteiger partial charge >= 0.3 is 0 Å². The first-order chi connectivity index (χ1) is 6.70. The summed E-state index contributed by atoms with van der Waals surface area (Å²) in [6, 6.07) is 0. The van der Waals surface area contributed by atoms with Gasteiger partial charge in [0, 0.05) is 6.54 Å². The van der Waals surface area contributed by atoms with Gasteiger partial charge in [-0.2, -0.15) is 0 Å². The molecular weight excluding hydrogens is 176 g/mol. The van der Waals surface area contributed by atoms with Crippen molar-refractivity contribution in [3.8, 4) is 0 Å². The lowest BCUT2D eigenvalue weighted by Gasteiger charge is -2.21. The maximum absolute atomic E-state index is 8.89. The molecule has 3 N–H and O–H groups in total. The Bertz CT molecular complexity index is 118. The molecule has 0 aromatic heterocycles. The average Bonchev–Trinajstić information content (AvgIpc) is 2.14. The third-order valence-electron chi connectivity index (χ3n) is 2.37. The molecule has 0 aliphatic heterocycles. The monoisotopic (exact) mass is 202 g/mol. The van der Waals surface area contributed by atoms with Crippen LogP contribution >= 0.6 is 0 Å². The fourth-order valence-corrected chi connectivity index (χ4v) is 1.40. The van der Waals surface area contributed by atoms with E-state index in [9.17, 15) is 0 Å². The van der Waals surface area contributed by atoms with Crippen LogP contribution in [-0.4, -0.2) is 42.8 Å². The fraction of sp³-hybridized carbons (Fsp3) is 1.00. The van der Waals surface area contributed by atoms with Crippen molar-refractivity contribution in [3.05, 3.63) is 0 Å². The zero-order valence-corrected chi connectivity index (χ0v) is 9.71. The normalized spacial score (nSPS) is 11.6. The molecule has 0 saturated heterocycles. The molecular formula is C11H26N2O. The second-order valence-electron chi connectivity index (χ2n) is 4.24. The Kier molecular flexibility index (Phi) is 9.35. The van der Waals surface area contributed by atoms with Crippen LogP contribution in [0.15, 0.2) is 0 Å². The summed E-state index contributed by atoms with van der Waals surface area (Å²) in [4.78, 5) is 2.33. The van der Waals surface area contributed by atoms with Gasteiger partial charge in [-0.25, -0.2) is 0 Å². The minimum Gasteiger partial charge on any atom is -0.395 e. The molecule has 0 aliphatic rings. The maximum Gasteiger partial charge on any atom is 0.0558 e. The Balaban J connectivity index is 3.54. The highest BCUT2D eigenvalue weighted by Gasteiger charge is 2.04. The largest absolute Gasteiger partial charge is 0.395 e. The van der Waals surface area contributed by atoms with E-state index in [1.54, 1.807) is 0 Å². The number of rotatable bonds is 9. The van der Waals surface area contributed by atoms with E-state index in [0.717, 1.165) is 44.9 Å². The van der Waals surface area contributed by atoms with Crippen molar-refractivity contribution in [2.75, 3.05) is 32.8 Å². The first kappa shape index (κ1) is 13.9. The quantitative estimate of drug-likeness (QED) is 0.550. The van der Waals surface area contributed by atoms with Crippen LogP contribution < -0.4 is 5.73 Å². The summed E-state index contributed by atoms with van der Waals surface area (Å²) in [5.74, 6) is 0.741. The lowest BCUT2D eigenvalue weighted by Crippen LogP contribution is -2.30. The van der Waals surface area contributed by atoms with E-state index >= 15 is 0 Å². The van der Waals surface area contributed by atoms with Crippen molar-refractivity contribution < 1.29 is 5.11 Å². The summed E-state index contributed by atoms with van der Waals surface area (Å²) in [7, 11) is 0. The molecule has 0 spiro atoms. The predicted octanol–water partition coefficient (Wildman–Crippen LogP) is 1.07. The van der Waals surface area contributed by atoms with Gasteiger partial charge in [-0.15, -0.1) is 0 Å². The molecule has 0 radical (unpaired) electrons. The zero-order valence-electron chi connectivity index (χ0n) is 9.71. The van der Waals surface area contributed by atoms with Crippen LogP contribution in [0, 0.1) is 5.92 Å². The summed E-state index contributed by atoms with van der Waals surface area (Å²) in [6.45, 7) is 8.48. The maximum atomic E-state index is 8.89. The van der Waals surface area contributed by atoms with Crippen LogP contribution in [0.3, 0.4) is 0 Å². The van der Waals surface area contributed by atoms with Crippen molar-refractivity contribution in [2.24, 2.45) is 11.7 Å². The lowest BCUT2D eigenvalue weighted by atomic mass is 10.1. The molecule has 14 heavy (non-hydrogen) atoms. The molecule has 0 aromatic carbocycles. The van der Waals surface area contributed by atoms with Gasteiger partial charge in [0.05, 0.1) is 6.61 Å². The molecule has 0 bridgehead atoms. The average molecular weight is 202 g/mol. The van der Waals surface area contributed by atoms with Crippen LogP contribution in [0.4, 0.5) is 0 Å². The van der Waals surface area contributed by atoms with Gasteiger partial charge in [-0.1, -0.05) is 13.8 Å². The first-order valence-corrected chi connectivity index (χ1v) is 5.74. The van der Waals surface area contributed by atoms with Crippen LogP contribution in [-0.2, 0) is 0 Å². The molecule has 86 valence electrons. The van der Waals surface area contributed by atoms with Crippen LogP contribution in [0.2, 0.25) is 0 Å². The summed E-state index contributed by atoms with van der Waals surface area (Å²) in [6.07, 6.45) is 3.45. The number of aliphatic hydroxyl groups is 1. The first-order valence-electron chi connectivity index (χ1n) is 5.74. The van der Waals surface area contributed by atoms with E-state index in [-0.39, 0.29) is 6.61 Å². The topological polar surface area (TPSA) is 49.5 Å². The van der Waals surface area contributed by atoms with Gasteiger partial charge in [0.1, 0.15) is 0 Å². The number of hydrogen-bond donors (Lipinski definition) is 2. The number of unbranched alkanes of at least 4 members (excludes halogenated alkanes) is 1. The third kappa shape index (κ3) is 8.48. The number of nitrogens with zero attached hydrogens (tertiary/aromatic N) is 1. The summed E-state index contributed by atoms with van der Waals surface area (Å²) in [5.41, 5.74) is 5.44. The highest BCUT2D eigenvalue weighted by Crippen LogP contribution is 2.03. The Labute approximate surface area is 88.3 Å². The standard InChI is InChI=1S/C11H26N2O/c1-11(2)5-8-13(9-10-14)7-4-3-6-12/h11,14H,3-10,12H2,1-2H3. The fourth-order valence-electron chi connectivity index (χ4n) is 1.40. The van der Waals surface area contributed by atoms with Gasteiger partial charge in [-0.3, -0.25) is 0 Å². The molecule has 0 unspecified atom stereocenters. The smallest absolute Gasteiger partial charge is 0.0558 e. The molecule has 3 nitrogen and oxygen atoms in total. The number of nitrogens with two attached hydrogens (primary N) is 1. The van der Waals surface area contributed by atoms with Crippen molar-refractivity contribution in [1.82, 2.24) is 4.90 Å². The minimum absolute atomic E-state index is 0.265. The highest BCUT2D eigenvalue weighted by molar-refractivity contribution is 4.59. The second kappa shape index (κ2) is 9.44. The summed E-state index contributed by atoms with van der Waals surface area (Å²) >= 11 is 0. The van der Waals surface area contributed by atoms with Gasteiger partial charge < -0.3 is 15.7 Å².